The van der Waals surface area contributed by atoms with E-state index in [0.717, 1.165) is 55.3 Å². The number of hydrogen-bond donors (Lipinski definition) is 0. The molecule has 0 spiro atoms. The Bertz CT molecular complexity index is 416. The first-order chi connectivity index (χ1) is 8.86. The smallest absolute Gasteiger partial charge is 0.110 e. The summed E-state index contributed by atoms with van der Waals surface area (Å²) < 4.78 is 5.35. The predicted octanol–water partition coefficient (Wildman–Crippen LogP) is 2.99. The SMILES string of the molecule is CCCCCc1[c]sc(N2CCOCC2)c1C#N. The molecule has 0 aliphatic carbocycles. The number of hydrogen-bond acceptors (Lipinski definition) is 4. The minimum atomic E-state index is 0.758. The minimum absolute atomic E-state index is 0.758. The highest BCUT2D eigenvalue weighted by atomic mass is 32.1. The third-order valence-electron chi connectivity index (χ3n) is 3.23. The van der Waals surface area contributed by atoms with Crippen LogP contribution in [0.5, 0.6) is 0 Å². The third-order valence-corrected chi connectivity index (χ3v) is 4.23. The number of aryl methyl sites for hydroxylation is 1. The average Bonchev–Trinajstić information content (AvgIpc) is 2.83. The van der Waals surface area contributed by atoms with Gasteiger partial charge in [0.25, 0.3) is 0 Å². The third kappa shape index (κ3) is 3.04. The normalized spacial score (nSPS) is 15.7. The Labute approximate surface area is 113 Å². The molecule has 1 aliphatic rings. The predicted molar refractivity (Wildman–Crippen MR) is 74.1 cm³/mol. The van der Waals surface area contributed by atoms with Gasteiger partial charge in [-0.05, 0) is 18.4 Å². The molecule has 2 heterocycles. The van der Waals surface area contributed by atoms with Gasteiger partial charge in [-0.2, -0.15) is 5.26 Å². The average molecular weight is 263 g/mol. The molecule has 0 unspecified atom stereocenters. The van der Waals surface area contributed by atoms with Gasteiger partial charge in [-0.25, -0.2) is 0 Å². The van der Waals surface area contributed by atoms with Gasteiger partial charge < -0.3 is 9.64 Å². The van der Waals surface area contributed by atoms with Crippen LogP contribution in [-0.4, -0.2) is 26.3 Å². The van der Waals surface area contributed by atoms with E-state index >= 15 is 0 Å². The lowest BCUT2D eigenvalue weighted by Crippen LogP contribution is -2.36. The van der Waals surface area contributed by atoms with Crippen LogP contribution in [0.25, 0.3) is 0 Å². The van der Waals surface area contributed by atoms with Gasteiger partial charge in [-0.1, -0.05) is 19.8 Å². The van der Waals surface area contributed by atoms with Crippen LogP contribution in [0.1, 0.15) is 37.3 Å². The largest absolute Gasteiger partial charge is 0.378 e. The zero-order valence-corrected chi connectivity index (χ0v) is 11.7. The second-order valence-electron chi connectivity index (χ2n) is 4.53. The van der Waals surface area contributed by atoms with E-state index in [1.807, 2.05) is 0 Å². The summed E-state index contributed by atoms with van der Waals surface area (Å²) in [7, 11) is 0. The van der Waals surface area contributed by atoms with E-state index in [0.29, 0.717) is 0 Å². The number of thiophene rings is 1. The Morgan fingerprint density at radius 2 is 2.17 bits per heavy atom. The van der Waals surface area contributed by atoms with Crippen molar-refractivity contribution in [2.24, 2.45) is 0 Å². The van der Waals surface area contributed by atoms with Crippen molar-refractivity contribution in [3.8, 4) is 6.07 Å². The highest BCUT2D eigenvalue weighted by Crippen LogP contribution is 2.32. The van der Waals surface area contributed by atoms with E-state index in [9.17, 15) is 5.26 Å². The Balaban J connectivity index is 2.08. The van der Waals surface area contributed by atoms with Crippen molar-refractivity contribution < 1.29 is 4.74 Å². The molecular weight excluding hydrogens is 244 g/mol. The van der Waals surface area contributed by atoms with E-state index < -0.39 is 0 Å². The van der Waals surface area contributed by atoms with Gasteiger partial charge >= 0.3 is 0 Å². The molecule has 1 aliphatic heterocycles. The molecule has 18 heavy (non-hydrogen) atoms. The molecule has 0 atom stereocenters. The molecule has 1 aromatic heterocycles. The number of nitrogens with zero attached hydrogens (tertiary/aromatic N) is 2. The van der Waals surface area contributed by atoms with Crippen molar-refractivity contribution in [3.05, 3.63) is 16.5 Å². The molecule has 1 fully saturated rings. The number of nitriles is 1. The second-order valence-corrected chi connectivity index (χ2v) is 5.33. The van der Waals surface area contributed by atoms with Gasteiger partial charge in [0, 0.05) is 13.1 Å². The van der Waals surface area contributed by atoms with Crippen LogP contribution in [-0.2, 0) is 11.2 Å². The molecule has 0 amide bonds. The van der Waals surface area contributed by atoms with E-state index in [-0.39, 0.29) is 0 Å². The van der Waals surface area contributed by atoms with Gasteiger partial charge in [0.1, 0.15) is 11.1 Å². The van der Waals surface area contributed by atoms with Gasteiger partial charge in [-0.3, -0.25) is 0 Å². The maximum absolute atomic E-state index is 9.35. The van der Waals surface area contributed by atoms with Crippen molar-refractivity contribution in [2.75, 3.05) is 31.2 Å². The second kappa shape index (κ2) is 6.77. The lowest BCUT2D eigenvalue weighted by Gasteiger charge is -2.27. The van der Waals surface area contributed by atoms with Gasteiger partial charge in [0.05, 0.1) is 24.2 Å². The molecule has 2 rings (SSSR count). The van der Waals surface area contributed by atoms with Crippen LogP contribution in [0.3, 0.4) is 0 Å². The van der Waals surface area contributed by atoms with Crippen LogP contribution in [0.15, 0.2) is 0 Å². The fourth-order valence-electron chi connectivity index (χ4n) is 2.17. The Morgan fingerprint density at radius 3 is 2.83 bits per heavy atom. The van der Waals surface area contributed by atoms with Gasteiger partial charge in [0.2, 0.25) is 0 Å². The topological polar surface area (TPSA) is 36.3 Å². The first-order valence-corrected chi connectivity index (χ1v) is 7.44. The Morgan fingerprint density at radius 1 is 1.39 bits per heavy atom. The fraction of sp³-hybridized carbons (Fsp3) is 0.643. The van der Waals surface area contributed by atoms with E-state index in [1.54, 1.807) is 11.3 Å². The van der Waals surface area contributed by atoms with Crippen LogP contribution in [0.2, 0.25) is 0 Å². The standard InChI is InChI=1S/C14H19N2OS/c1-2-3-4-5-12-11-18-14(13(12)10-15)16-6-8-17-9-7-16/h2-9H2,1H3. The molecule has 0 bridgehead atoms. The lowest BCUT2D eigenvalue weighted by atomic mass is 10.1. The molecule has 3 nitrogen and oxygen atoms in total. The summed E-state index contributed by atoms with van der Waals surface area (Å²) in [5.74, 6) is 0. The molecule has 97 valence electrons. The highest BCUT2D eigenvalue weighted by Gasteiger charge is 2.19. The van der Waals surface area contributed by atoms with Crippen LogP contribution < -0.4 is 4.90 Å². The fourth-order valence-corrected chi connectivity index (χ4v) is 3.18. The summed E-state index contributed by atoms with van der Waals surface area (Å²) in [5, 5.41) is 13.8. The maximum Gasteiger partial charge on any atom is 0.110 e. The zero-order valence-electron chi connectivity index (χ0n) is 10.9. The van der Waals surface area contributed by atoms with E-state index in [4.69, 9.17) is 4.74 Å². The lowest BCUT2D eigenvalue weighted by molar-refractivity contribution is 0.123. The van der Waals surface area contributed by atoms with Crippen molar-refractivity contribution in [2.45, 2.75) is 32.6 Å². The Kier molecular flexibility index (Phi) is 5.03. The highest BCUT2D eigenvalue weighted by molar-refractivity contribution is 7.14. The summed E-state index contributed by atoms with van der Waals surface area (Å²) in [6.45, 7) is 5.48. The van der Waals surface area contributed by atoms with Crippen LogP contribution in [0, 0.1) is 16.7 Å². The van der Waals surface area contributed by atoms with Gasteiger partial charge in [0.15, 0.2) is 0 Å². The Hall–Kier alpha value is -1.05. The molecule has 4 heteroatoms. The van der Waals surface area contributed by atoms with Gasteiger partial charge in [-0.15, -0.1) is 11.3 Å². The molecule has 0 aromatic carbocycles. The molecule has 1 radical (unpaired) electrons. The van der Waals surface area contributed by atoms with Crippen LogP contribution >= 0.6 is 11.3 Å². The number of ether oxygens (including phenoxy) is 1. The molecular formula is C14H19N2OS. The summed E-state index contributed by atoms with van der Waals surface area (Å²) >= 11 is 1.59. The van der Waals surface area contributed by atoms with E-state index in [1.165, 1.54) is 12.8 Å². The van der Waals surface area contributed by atoms with Crippen molar-refractivity contribution in [1.29, 1.82) is 5.26 Å². The van der Waals surface area contributed by atoms with Crippen LogP contribution in [0.4, 0.5) is 5.00 Å². The minimum Gasteiger partial charge on any atom is -0.378 e. The summed E-state index contributed by atoms with van der Waals surface area (Å²) in [6.07, 6.45) is 4.57. The zero-order chi connectivity index (χ0) is 12.8. The van der Waals surface area contributed by atoms with Crippen molar-refractivity contribution in [3.63, 3.8) is 0 Å². The monoisotopic (exact) mass is 263 g/mol. The van der Waals surface area contributed by atoms with E-state index in [2.05, 4.69) is 23.3 Å². The molecule has 0 saturated carbocycles. The van der Waals surface area contributed by atoms with Crippen molar-refractivity contribution >= 4 is 16.3 Å². The molecule has 0 N–H and O–H groups in total. The quantitative estimate of drug-likeness (QED) is 0.766. The maximum atomic E-state index is 9.35. The summed E-state index contributed by atoms with van der Waals surface area (Å²) in [4.78, 5) is 2.26. The summed E-state index contributed by atoms with van der Waals surface area (Å²) in [6, 6.07) is 2.37. The number of morpholine rings is 1. The first-order valence-electron chi connectivity index (χ1n) is 6.63. The number of anilines is 1. The van der Waals surface area contributed by atoms with Crippen molar-refractivity contribution in [1.82, 2.24) is 0 Å². The number of unbranched alkanes of at least 4 members (excludes halogenated alkanes) is 2. The molecule has 1 aromatic rings. The first kappa shape index (κ1) is 13.4. The molecule has 1 saturated heterocycles. The number of rotatable bonds is 5. The summed E-state index contributed by atoms with van der Waals surface area (Å²) in [5.41, 5.74) is 1.95.